The van der Waals surface area contributed by atoms with Gasteiger partial charge in [-0.3, -0.25) is 0 Å². The first-order chi connectivity index (χ1) is 9.52. The third-order valence-electron chi connectivity index (χ3n) is 3.08. The van der Waals surface area contributed by atoms with Gasteiger partial charge in [-0.1, -0.05) is 22.0 Å². The van der Waals surface area contributed by atoms with E-state index in [1.807, 2.05) is 32.0 Å². The van der Waals surface area contributed by atoms with Gasteiger partial charge in [-0.2, -0.15) is 0 Å². The molecule has 0 aliphatic rings. The Morgan fingerprint density at radius 1 is 1.35 bits per heavy atom. The molecule has 0 fully saturated rings. The van der Waals surface area contributed by atoms with Crippen molar-refractivity contribution in [3.05, 3.63) is 51.9 Å². The number of furan rings is 1. The topological polar surface area (TPSA) is 51.5 Å². The summed E-state index contributed by atoms with van der Waals surface area (Å²) in [7, 11) is 1.33. The molecular weight excluding hydrogens is 322 g/mol. The number of benzene rings is 1. The van der Waals surface area contributed by atoms with E-state index in [0.29, 0.717) is 5.76 Å². The fourth-order valence-corrected chi connectivity index (χ4v) is 2.23. The zero-order valence-electron chi connectivity index (χ0n) is 11.6. The minimum absolute atomic E-state index is 0.0543. The van der Waals surface area contributed by atoms with Crippen LogP contribution in [0, 0.1) is 6.92 Å². The lowest BCUT2D eigenvalue weighted by Crippen LogP contribution is -2.07. The second-order valence-electron chi connectivity index (χ2n) is 4.47. The first-order valence-electron chi connectivity index (χ1n) is 6.22. The Bertz CT molecular complexity index is 621. The molecule has 1 N–H and O–H groups in total. The third-order valence-corrected chi connectivity index (χ3v) is 3.94. The highest BCUT2D eigenvalue weighted by molar-refractivity contribution is 9.10. The molecule has 106 valence electrons. The van der Waals surface area contributed by atoms with E-state index in [0.717, 1.165) is 15.7 Å². The zero-order valence-corrected chi connectivity index (χ0v) is 13.2. The standard InChI is InChI=1S/C15H16BrNO3/c1-9-11(16)5-4-6-12(9)17-10(2)13-7-8-14(20-13)15(18)19-3/h4-8,10,17H,1-3H3. The molecule has 0 radical (unpaired) electrons. The van der Waals surface area contributed by atoms with Crippen molar-refractivity contribution in [1.29, 1.82) is 0 Å². The van der Waals surface area contributed by atoms with E-state index in [9.17, 15) is 4.79 Å². The molecule has 1 unspecified atom stereocenters. The lowest BCUT2D eigenvalue weighted by molar-refractivity contribution is 0.0562. The van der Waals surface area contributed by atoms with Gasteiger partial charge in [0.1, 0.15) is 5.76 Å². The highest BCUT2D eigenvalue weighted by Gasteiger charge is 2.16. The second kappa shape index (κ2) is 6.13. The molecule has 0 aliphatic carbocycles. The Kier molecular flexibility index (Phi) is 4.49. The average Bonchev–Trinajstić information content (AvgIpc) is 2.93. The Morgan fingerprint density at radius 2 is 2.10 bits per heavy atom. The van der Waals surface area contributed by atoms with Crippen LogP contribution in [0.2, 0.25) is 0 Å². The van der Waals surface area contributed by atoms with E-state index >= 15 is 0 Å². The number of halogens is 1. The van der Waals surface area contributed by atoms with Crippen molar-refractivity contribution in [2.24, 2.45) is 0 Å². The largest absolute Gasteiger partial charge is 0.463 e. The summed E-state index contributed by atoms with van der Waals surface area (Å²) in [6.45, 7) is 4.00. The van der Waals surface area contributed by atoms with E-state index in [1.54, 1.807) is 12.1 Å². The maximum atomic E-state index is 11.4. The van der Waals surface area contributed by atoms with Crippen LogP contribution in [-0.2, 0) is 4.74 Å². The molecule has 4 nitrogen and oxygen atoms in total. The second-order valence-corrected chi connectivity index (χ2v) is 5.33. The number of methoxy groups -OCH3 is 1. The first kappa shape index (κ1) is 14.7. The third kappa shape index (κ3) is 3.04. The molecule has 1 atom stereocenters. The monoisotopic (exact) mass is 337 g/mol. The fourth-order valence-electron chi connectivity index (χ4n) is 1.86. The molecule has 0 aliphatic heterocycles. The summed E-state index contributed by atoms with van der Waals surface area (Å²) < 4.78 is 11.2. The van der Waals surface area contributed by atoms with E-state index in [2.05, 4.69) is 26.0 Å². The van der Waals surface area contributed by atoms with Gasteiger partial charge in [-0.05, 0) is 43.7 Å². The Labute approximate surface area is 126 Å². The average molecular weight is 338 g/mol. The summed E-state index contributed by atoms with van der Waals surface area (Å²) >= 11 is 3.50. The number of hydrogen-bond acceptors (Lipinski definition) is 4. The molecule has 20 heavy (non-hydrogen) atoms. The lowest BCUT2D eigenvalue weighted by Gasteiger charge is -2.15. The van der Waals surface area contributed by atoms with E-state index in [4.69, 9.17) is 4.42 Å². The highest BCUT2D eigenvalue weighted by atomic mass is 79.9. The van der Waals surface area contributed by atoms with Gasteiger partial charge < -0.3 is 14.5 Å². The normalized spacial score (nSPS) is 12.0. The van der Waals surface area contributed by atoms with Gasteiger partial charge in [0.25, 0.3) is 0 Å². The van der Waals surface area contributed by atoms with Crippen LogP contribution < -0.4 is 5.32 Å². The number of ether oxygens (including phenoxy) is 1. The van der Waals surface area contributed by atoms with Gasteiger partial charge in [0.2, 0.25) is 5.76 Å². The predicted molar refractivity (Wildman–Crippen MR) is 81.0 cm³/mol. The SMILES string of the molecule is COC(=O)c1ccc(C(C)Nc2cccc(Br)c2C)o1. The van der Waals surface area contributed by atoms with Crippen LogP contribution in [0.4, 0.5) is 5.69 Å². The van der Waals surface area contributed by atoms with Crippen LogP contribution in [-0.4, -0.2) is 13.1 Å². The number of carbonyl (C=O) groups is 1. The maximum Gasteiger partial charge on any atom is 0.373 e. The molecule has 0 bridgehead atoms. The Morgan fingerprint density at radius 3 is 2.80 bits per heavy atom. The molecule has 1 aromatic heterocycles. The lowest BCUT2D eigenvalue weighted by atomic mass is 10.1. The van der Waals surface area contributed by atoms with Gasteiger partial charge in [0, 0.05) is 10.2 Å². The van der Waals surface area contributed by atoms with E-state index < -0.39 is 5.97 Å². The van der Waals surface area contributed by atoms with E-state index in [-0.39, 0.29) is 11.8 Å². The number of rotatable bonds is 4. The molecule has 2 rings (SSSR count). The minimum atomic E-state index is -0.470. The van der Waals surface area contributed by atoms with Crippen LogP contribution in [0.5, 0.6) is 0 Å². The van der Waals surface area contributed by atoms with Gasteiger partial charge >= 0.3 is 5.97 Å². The molecular formula is C15H16BrNO3. The Balaban J connectivity index is 2.16. The van der Waals surface area contributed by atoms with Gasteiger partial charge in [0.15, 0.2) is 0 Å². The number of esters is 1. The predicted octanol–water partition coefficient (Wildman–Crippen LogP) is 4.31. The first-order valence-corrected chi connectivity index (χ1v) is 7.02. The summed E-state index contributed by atoms with van der Waals surface area (Å²) in [4.78, 5) is 11.4. The molecule has 0 saturated heterocycles. The van der Waals surface area contributed by atoms with Crippen LogP contribution >= 0.6 is 15.9 Å². The van der Waals surface area contributed by atoms with Gasteiger partial charge in [0.05, 0.1) is 13.2 Å². The van der Waals surface area contributed by atoms with Crippen molar-refractivity contribution in [3.63, 3.8) is 0 Å². The Hall–Kier alpha value is -1.75. The number of hydrogen-bond donors (Lipinski definition) is 1. The van der Waals surface area contributed by atoms with Gasteiger partial charge in [-0.25, -0.2) is 4.79 Å². The molecule has 2 aromatic rings. The highest BCUT2D eigenvalue weighted by Crippen LogP contribution is 2.27. The van der Waals surface area contributed by atoms with Crippen molar-refractivity contribution < 1.29 is 13.9 Å². The van der Waals surface area contributed by atoms with Crippen LogP contribution in [0.1, 0.15) is 34.8 Å². The molecule has 0 amide bonds. The number of nitrogens with one attached hydrogen (secondary N) is 1. The summed E-state index contributed by atoms with van der Waals surface area (Å²) in [5, 5.41) is 3.36. The van der Waals surface area contributed by atoms with Crippen molar-refractivity contribution in [3.8, 4) is 0 Å². The van der Waals surface area contributed by atoms with Crippen molar-refractivity contribution >= 4 is 27.6 Å². The molecule has 0 spiro atoms. The minimum Gasteiger partial charge on any atom is -0.463 e. The smallest absolute Gasteiger partial charge is 0.373 e. The molecule has 0 saturated carbocycles. The van der Waals surface area contributed by atoms with Crippen molar-refractivity contribution in [2.75, 3.05) is 12.4 Å². The molecule has 1 heterocycles. The summed E-state index contributed by atoms with van der Waals surface area (Å²) in [6, 6.07) is 9.30. The van der Waals surface area contributed by atoms with Crippen LogP contribution in [0.25, 0.3) is 0 Å². The summed E-state index contributed by atoms with van der Waals surface area (Å²) in [5.41, 5.74) is 2.14. The quantitative estimate of drug-likeness (QED) is 0.844. The summed E-state index contributed by atoms with van der Waals surface area (Å²) in [6.07, 6.45) is 0. The van der Waals surface area contributed by atoms with Crippen LogP contribution in [0.3, 0.4) is 0 Å². The fraction of sp³-hybridized carbons (Fsp3) is 0.267. The van der Waals surface area contributed by atoms with Gasteiger partial charge in [-0.15, -0.1) is 0 Å². The number of carbonyl (C=O) groups excluding carboxylic acids is 1. The van der Waals surface area contributed by atoms with Crippen LogP contribution in [0.15, 0.2) is 39.2 Å². The van der Waals surface area contributed by atoms with Crippen molar-refractivity contribution in [1.82, 2.24) is 0 Å². The summed E-state index contributed by atoms with van der Waals surface area (Å²) in [5.74, 6) is 0.425. The molecule has 1 aromatic carbocycles. The van der Waals surface area contributed by atoms with E-state index in [1.165, 1.54) is 7.11 Å². The zero-order chi connectivity index (χ0) is 14.7. The maximum absolute atomic E-state index is 11.4. The molecule has 5 heteroatoms. The van der Waals surface area contributed by atoms with Crippen molar-refractivity contribution in [2.45, 2.75) is 19.9 Å². The number of anilines is 1.